The number of hydrogen-bond donors (Lipinski definition) is 1. The molecule has 1 aliphatic rings. The van der Waals surface area contributed by atoms with Crippen LogP contribution in [0.5, 0.6) is 0 Å². The van der Waals surface area contributed by atoms with Gasteiger partial charge < -0.3 is 5.73 Å². The quantitative estimate of drug-likeness (QED) is 0.813. The minimum atomic E-state index is 0.413. The van der Waals surface area contributed by atoms with Crippen LogP contribution in [0.4, 0.5) is 0 Å². The van der Waals surface area contributed by atoms with Crippen LogP contribution in [0.3, 0.4) is 0 Å². The maximum Gasteiger partial charge on any atom is 0.0164 e. The van der Waals surface area contributed by atoms with Gasteiger partial charge in [0, 0.05) is 18.6 Å². The highest BCUT2D eigenvalue weighted by Gasteiger charge is 2.42. The Morgan fingerprint density at radius 2 is 1.89 bits per heavy atom. The van der Waals surface area contributed by atoms with Crippen LogP contribution in [-0.2, 0) is 0 Å². The fraction of sp³-hybridized carbons (Fsp3) is 1.00. The van der Waals surface area contributed by atoms with Crippen molar-refractivity contribution in [3.05, 3.63) is 0 Å². The summed E-state index contributed by atoms with van der Waals surface area (Å²) < 4.78 is 0. The van der Waals surface area contributed by atoms with E-state index in [4.69, 9.17) is 5.73 Å². The summed E-state index contributed by atoms with van der Waals surface area (Å²) in [6, 6.07) is 1.31. The molecule has 0 aromatic carbocycles. The number of rotatable bonds is 5. The zero-order valence-corrected chi connectivity index (χ0v) is 13.4. The fourth-order valence-electron chi connectivity index (χ4n) is 3.93. The molecule has 108 valence electrons. The van der Waals surface area contributed by atoms with Gasteiger partial charge in [-0.3, -0.25) is 4.90 Å². The van der Waals surface area contributed by atoms with E-state index in [-0.39, 0.29) is 0 Å². The third-order valence-electron chi connectivity index (χ3n) is 4.58. The molecular formula is C16H34N2. The zero-order valence-electron chi connectivity index (χ0n) is 13.4. The number of nitrogens with two attached hydrogens (primary N) is 1. The summed E-state index contributed by atoms with van der Waals surface area (Å²) >= 11 is 0. The van der Waals surface area contributed by atoms with Gasteiger partial charge in [0.1, 0.15) is 0 Å². The molecule has 1 heterocycles. The van der Waals surface area contributed by atoms with Crippen molar-refractivity contribution in [3.8, 4) is 0 Å². The van der Waals surface area contributed by atoms with Crippen molar-refractivity contribution in [1.82, 2.24) is 4.90 Å². The summed E-state index contributed by atoms with van der Waals surface area (Å²) in [6.45, 7) is 16.2. The van der Waals surface area contributed by atoms with Gasteiger partial charge in [0.15, 0.2) is 0 Å². The molecule has 0 aromatic heterocycles. The molecule has 1 aliphatic heterocycles. The molecule has 0 saturated carbocycles. The van der Waals surface area contributed by atoms with E-state index >= 15 is 0 Å². The topological polar surface area (TPSA) is 29.3 Å². The lowest BCUT2D eigenvalue weighted by molar-refractivity contribution is -0.0274. The molecule has 18 heavy (non-hydrogen) atoms. The summed E-state index contributed by atoms with van der Waals surface area (Å²) in [7, 11) is 0. The highest BCUT2D eigenvalue weighted by Crippen LogP contribution is 2.40. The Morgan fingerprint density at radius 3 is 2.33 bits per heavy atom. The highest BCUT2D eigenvalue weighted by atomic mass is 15.2. The van der Waals surface area contributed by atoms with E-state index in [0.29, 0.717) is 23.4 Å². The highest BCUT2D eigenvalue weighted by molar-refractivity contribution is 4.95. The second kappa shape index (κ2) is 6.38. The monoisotopic (exact) mass is 254 g/mol. The van der Waals surface area contributed by atoms with E-state index in [1.807, 2.05) is 0 Å². The zero-order chi connectivity index (χ0) is 13.9. The normalized spacial score (nSPS) is 30.7. The van der Waals surface area contributed by atoms with Crippen molar-refractivity contribution in [3.63, 3.8) is 0 Å². The van der Waals surface area contributed by atoms with Crippen LogP contribution in [0.25, 0.3) is 0 Å². The number of hydrogen-bond acceptors (Lipinski definition) is 2. The Hall–Kier alpha value is -0.0800. The molecule has 1 rings (SSSR count). The van der Waals surface area contributed by atoms with Crippen molar-refractivity contribution in [2.75, 3.05) is 13.1 Å². The molecular weight excluding hydrogens is 220 g/mol. The predicted octanol–water partition coefficient (Wildman–Crippen LogP) is 3.51. The van der Waals surface area contributed by atoms with Crippen LogP contribution < -0.4 is 5.73 Å². The third-order valence-corrected chi connectivity index (χ3v) is 4.58. The molecule has 2 N–H and O–H groups in total. The first-order valence-electron chi connectivity index (χ1n) is 7.78. The van der Waals surface area contributed by atoms with Gasteiger partial charge in [-0.1, -0.05) is 34.1 Å². The second-order valence-electron chi connectivity index (χ2n) is 7.39. The van der Waals surface area contributed by atoms with Crippen LogP contribution in [0.2, 0.25) is 0 Å². The maximum atomic E-state index is 6.08. The molecule has 2 nitrogen and oxygen atoms in total. The Kier molecular flexibility index (Phi) is 5.67. The molecule has 3 atom stereocenters. The number of piperidine rings is 1. The Labute approximate surface area is 114 Å². The van der Waals surface area contributed by atoms with Crippen LogP contribution >= 0.6 is 0 Å². The Balaban J connectivity index is 2.92. The molecule has 2 heteroatoms. The van der Waals surface area contributed by atoms with E-state index in [0.717, 1.165) is 12.5 Å². The average molecular weight is 254 g/mol. The van der Waals surface area contributed by atoms with Crippen LogP contribution in [-0.4, -0.2) is 30.1 Å². The first-order chi connectivity index (χ1) is 8.32. The summed E-state index contributed by atoms with van der Waals surface area (Å²) in [6.07, 6.45) is 3.89. The number of nitrogens with zero attached hydrogens (tertiary/aromatic N) is 1. The first kappa shape index (κ1) is 16.0. The largest absolute Gasteiger partial charge is 0.330 e. The van der Waals surface area contributed by atoms with E-state index in [1.54, 1.807) is 0 Å². The summed E-state index contributed by atoms with van der Waals surface area (Å²) in [5, 5.41) is 0. The molecule has 0 spiro atoms. The lowest BCUT2D eigenvalue weighted by Crippen LogP contribution is -2.58. The lowest BCUT2D eigenvalue weighted by atomic mass is 9.70. The SMILES string of the molecule is CCCC(C)C1C(CN)CC(C)(C)CN1C(C)C. The summed E-state index contributed by atoms with van der Waals surface area (Å²) in [5.74, 6) is 1.43. The van der Waals surface area contributed by atoms with Gasteiger partial charge in [0.05, 0.1) is 0 Å². The lowest BCUT2D eigenvalue weighted by Gasteiger charge is -2.52. The molecule has 1 saturated heterocycles. The van der Waals surface area contributed by atoms with Gasteiger partial charge in [0.25, 0.3) is 0 Å². The molecule has 1 fully saturated rings. The van der Waals surface area contributed by atoms with Gasteiger partial charge in [-0.15, -0.1) is 0 Å². The smallest absolute Gasteiger partial charge is 0.0164 e. The standard InChI is InChI=1S/C16H34N2/c1-7-8-13(4)15-14(10-17)9-16(5,6)11-18(15)12(2)3/h12-15H,7-11,17H2,1-6H3. The summed E-state index contributed by atoms with van der Waals surface area (Å²) in [4.78, 5) is 2.72. The van der Waals surface area contributed by atoms with Crippen molar-refractivity contribution >= 4 is 0 Å². The van der Waals surface area contributed by atoms with E-state index in [9.17, 15) is 0 Å². The minimum Gasteiger partial charge on any atom is -0.330 e. The molecule has 0 aliphatic carbocycles. The molecule has 3 unspecified atom stereocenters. The van der Waals surface area contributed by atoms with Crippen molar-refractivity contribution < 1.29 is 0 Å². The average Bonchev–Trinajstić information content (AvgIpc) is 2.26. The van der Waals surface area contributed by atoms with Crippen LogP contribution in [0.15, 0.2) is 0 Å². The maximum absolute atomic E-state index is 6.08. The van der Waals surface area contributed by atoms with Gasteiger partial charge in [0.2, 0.25) is 0 Å². The molecule has 0 radical (unpaired) electrons. The van der Waals surface area contributed by atoms with Crippen molar-refractivity contribution in [2.24, 2.45) is 23.0 Å². The molecule has 0 aromatic rings. The van der Waals surface area contributed by atoms with Gasteiger partial charge in [-0.25, -0.2) is 0 Å². The number of likely N-dealkylation sites (tertiary alicyclic amines) is 1. The van der Waals surface area contributed by atoms with Crippen LogP contribution in [0.1, 0.15) is 60.8 Å². The fourth-order valence-corrected chi connectivity index (χ4v) is 3.93. The van der Waals surface area contributed by atoms with Crippen LogP contribution in [0, 0.1) is 17.3 Å². The van der Waals surface area contributed by atoms with E-state index in [2.05, 4.69) is 46.4 Å². The Bertz CT molecular complexity index is 247. The molecule has 0 amide bonds. The molecule has 0 bridgehead atoms. The summed E-state index contributed by atoms with van der Waals surface area (Å²) in [5.41, 5.74) is 6.50. The van der Waals surface area contributed by atoms with Crippen molar-refractivity contribution in [2.45, 2.75) is 72.9 Å². The third kappa shape index (κ3) is 3.71. The second-order valence-corrected chi connectivity index (χ2v) is 7.39. The van der Waals surface area contributed by atoms with Crippen molar-refractivity contribution in [1.29, 1.82) is 0 Å². The van der Waals surface area contributed by atoms with E-state index in [1.165, 1.54) is 25.8 Å². The van der Waals surface area contributed by atoms with E-state index < -0.39 is 0 Å². The van der Waals surface area contributed by atoms with Gasteiger partial charge >= 0.3 is 0 Å². The predicted molar refractivity (Wildman–Crippen MR) is 80.6 cm³/mol. The van der Waals surface area contributed by atoms with Gasteiger partial charge in [-0.05, 0) is 50.5 Å². The Morgan fingerprint density at radius 1 is 1.28 bits per heavy atom. The minimum absolute atomic E-state index is 0.413. The first-order valence-corrected chi connectivity index (χ1v) is 7.78. The van der Waals surface area contributed by atoms with Gasteiger partial charge in [-0.2, -0.15) is 0 Å².